The van der Waals surface area contributed by atoms with Crippen molar-refractivity contribution in [2.75, 3.05) is 6.61 Å². The van der Waals surface area contributed by atoms with Crippen LogP contribution in [0, 0.1) is 0 Å². The summed E-state index contributed by atoms with van der Waals surface area (Å²) in [5.41, 5.74) is 5.90. The molecule has 4 aromatic carbocycles. The Morgan fingerprint density at radius 3 is 1.85 bits per heavy atom. The molecule has 1 aliphatic heterocycles. The molecule has 0 radical (unpaired) electrons. The molecule has 5 rings (SSSR count). The van der Waals surface area contributed by atoms with Gasteiger partial charge in [0.1, 0.15) is 11.5 Å². The van der Waals surface area contributed by atoms with Crippen LogP contribution in [0.2, 0.25) is 0 Å². The van der Waals surface area contributed by atoms with Gasteiger partial charge in [-0.15, -0.1) is 0 Å². The predicted molar refractivity (Wildman–Crippen MR) is 132 cm³/mol. The van der Waals surface area contributed by atoms with Crippen molar-refractivity contribution in [2.24, 2.45) is 0 Å². The molecule has 1 N–H and O–H groups in total. The van der Waals surface area contributed by atoms with Crippen LogP contribution in [-0.2, 0) is 4.74 Å². The van der Waals surface area contributed by atoms with E-state index in [4.69, 9.17) is 9.47 Å². The molecule has 0 bridgehead atoms. The molecule has 4 aromatic rings. The average molecular weight is 437 g/mol. The van der Waals surface area contributed by atoms with E-state index in [1.807, 2.05) is 30.3 Å². The van der Waals surface area contributed by atoms with Gasteiger partial charge in [0.2, 0.25) is 0 Å². The Morgan fingerprint density at radius 2 is 1.24 bits per heavy atom. The normalized spacial score (nSPS) is 16.8. The first-order chi connectivity index (χ1) is 16.3. The zero-order valence-corrected chi connectivity index (χ0v) is 18.6. The lowest BCUT2D eigenvalue weighted by molar-refractivity contribution is -0.105. The molecule has 2 atom stereocenters. The summed E-state index contributed by atoms with van der Waals surface area (Å²) >= 11 is 0. The summed E-state index contributed by atoms with van der Waals surface area (Å²) in [6.07, 6.45) is 3.04. The highest BCUT2D eigenvalue weighted by molar-refractivity contribution is 5.64. The van der Waals surface area contributed by atoms with Gasteiger partial charge in [-0.05, 0) is 64.9 Å². The Bertz CT molecular complexity index is 1140. The molecular weight excluding hydrogens is 408 g/mol. The van der Waals surface area contributed by atoms with Gasteiger partial charge < -0.3 is 14.6 Å². The number of hydrogen-bond donors (Lipinski definition) is 1. The smallest absolute Gasteiger partial charge is 0.199 e. The van der Waals surface area contributed by atoms with Gasteiger partial charge in [-0.2, -0.15) is 0 Å². The first-order valence-corrected chi connectivity index (χ1v) is 11.6. The average Bonchev–Trinajstić information content (AvgIpc) is 2.88. The highest BCUT2D eigenvalue weighted by atomic mass is 16.7. The molecule has 1 heterocycles. The third-order valence-electron chi connectivity index (χ3n) is 6.20. The van der Waals surface area contributed by atoms with Crippen LogP contribution in [0.4, 0.5) is 0 Å². The van der Waals surface area contributed by atoms with E-state index < -0.39 is 0 Å². The molecule has 1 aliphatic rings. The van der Waals surface area contributed by atoms with Crippen molar-refractivity contribution < 1.29 is 14.6 Å². The highest BCUT2D eigenvalue weighted by Crippen LogP contribution is 2.35. The third kappa shape index (κ3) is 5.10. The van der Waals surface area contributed by atoms with E-state index in [9.17, 15) is 5.11 Å². The number of phenolic OH excluding ortho intramolecular Hbond substituents is 1. The molecule has 166 valence electrons. The first-order valence-electron chi connectivity index (χ1n) is 11.6. The maximum Gasteiger partial charge on any atom is 0.199 e. The molecule has 1 saturated heterocycles. The lowest BCUT2D eigenvalue weighted by atomic mass is 9.84. The van der Waals surface area contributed by atoms with Crippen molar-refractivity contribution in [3.05, 3.63) is 120 Å². The van der Waals surface area contributed by atoms with Crippen LogP contribution in [0.1, 0.15) is 41.9 Å². The zero-order valence-electron chi connectivity index (χ0n) is 18.6. The van der Waals surface area contributed by atoms with Crippen LogP contribution in [0.15, 0.2) is 103 Å². The second kappa shape index (κ2) is 9.93. The van der Waals surface area contributed by atoms with Crippen LogP contribution < -0.4 is 4.74 Å². The van der Waals surface area contributed by atoms with Gasteiger partial charge in [-0.1, -0.05) is 78.9 Å². The maximum atomic E-state index is 9.81. The van der Waals surface area contributed by atoms with E-state index in [0.717, 1.165) is 37.2 Å². The molecule has 0 saturated carbocycles. The van der Waals surface area contributed by atoms with E-state index >= 15 is 0 Å². The number of hydrogen-bond acceptors (Lipinski definition) is 3. The fourth-order valence-electron chi connectivity index (χ4n) is 4.44. The minimum absolute atomic E-state index is 0.0513. The van der Waals surface area contributed by atoms with Crippen molar-refractivity contribution in [1.29, 1.82) is 0 Å². The molecule has 0 spiro atoms. The van der Waals surface area contributed by atoms with E-state index in [1.165, 1.54) is 22.3 Å². The minimum atomic E-state index is -0.150. The molecule has 33 heavy (non-hydrogen) atoms. The second-order valence-electron chi connectivity index (χ2n) is 8.50. The lowest BCUT2D eigenvalue weighted by Gasteiger charge is -2.24. The fraction of sp³-hybridized carbons (Fsp3) is 0.200. The fourth-order valence-corrected chi connectivity index (χ4v) is 4.44. The Kier molecular flexibility index (Phi) is 6.41. The van der Waals surface area contributed by atoms with Gasteiger partial charge in [-0.25, -0.2) is 0 Å². The molecular formula is C30H28O3. The molecule has 0 aromatic heterocycles. The van der Waals surface area contributed by atoms with Crippen molar-refractivity contribution in [2.45, 2.75) is 31.5 Å². The summed E-state index contributed by atoms with van der Waals surface area (Å²) in [7, 11) is 0. The largest absolute Gasteiger partial charge is 0.508 e. The molecule has 0 aliphatic carbocycles. The minimum Gasteiger partial charge on any atom is -0.508 e. The third-order valence-corrected chi connectivity index (χ3v) is 6.20. The molecule has 1 fully saturated rings. The number of aromatic hydroxyl groups is 1. The summed E-state index contributed by atoms with van der Waals surface area (Å²) in [6.45, 7) is 0.769. The van der Waals surface area contributed by atoms with E-state index in [-0.39, 0.29) is 18.0 Å². The molecule has 2 unspecified atom stereocenters. The SMILES string of the molecule is Oc1ccc(C(c2ccc(OC3CCCCO3)cc2)c2ccc(-c3ccccc3)cc2)cc1. The summed E-state index contributed by atoms with van der Waals surface area (Å²) < 4.78 is 11.7. The van der Waals surface area contributed by atoms with Crippen LogP contribution in [-0.4, -0.2) is 18.0 Å². The van der Waals surface area contributed by atoms with Crippen LogP contribution in [0.3, 0.4) is 0 Å². The van der Waals surface area contributed by atoms with Crippen LogP contribution >= 0.6 is 0 Å². The van der Waals surface area contributed by atoms with Gasteiger partial charge in [0.15, 0.2) is 6.29 Å². The van der Waals surface area contributed by atoms with E-state index in [2.05, 4.69) is 60.7 Å². The Hall–Kier alpha value is -3.56. The standard InChI is InChI=1S/C30H28O3/c31-27-17-13-25(14-18-27)30(24-11-9-23(10-12-24)22-6-2-1-3-7-22)26-15-19-28(20-16-26)33-29-8-4-5-21-32-29/h1-3,6-7,9-20,29-31H,4-5,8,21H2. The van der Waals surface area contributed by atoms with E-state index in [0.29, 0.717) is 0 Å². The van der Waals surface area contributed by atoms with Crippen molar-refractivity contribution in [3.63, 3.8) is 0 Å². The van der Waals surface area contributed by atoms with Crippen LogP contribution in [0.25, 0.3) is 11.1 Å². The lowest BCUT2D eigenvalue weighted by Crippen LogP contribution is -2.24. The molecule has 3 heteroatoms. The Morgan fingerprint density at radius 1 is 0.667 bits per heavy atom. The number of ether oxygens (including phenoxy) is 2. The monoisotopic (exact) mass is 436 g/mol. The van der Waals surface area contributed by atoms with Gasteiger partial charge in [0.25, 0.3) is 0 Å². The van der Waals surface area contributed by atoms with Crippen molar-refractivity contribution >= 4 is 0 Å². The summed E-state index contributed by atoms with van der Waals surface area (Å²) in [5.74, 6) is 1.15. The number of benzene rings is 4. The van der Waals surface area contributed by atoms with E-state index in [1.54, 1.807) is 12.1 Å². The summed E-state index contributed by atoms with van der Waals surface area (Å²) in [6, 6.07) is 34.9. The topological polar surface area (TPSA) is 38.7 Å². The first kappa shape index (κ1) is 21.3. The number of rotatable bonds is 6. The van der Waals surface area contributed by atoms with Gasteiger partial charge in [0, 0.05) is 12.3 Å². The van der Waals surface area contributed by atoms with Gasteiger partial charge in [-0.3, -0.25) is 0 Å². The number of phenols is 1. The summed E-state index contributed by atoms with van der Waals surface area (Å²) in [5, 5.41) is 9.81. The van der Waals surface area contributed by atoms with Crippen LogP contribution in [0.5, 0.6) is 11.5 Å². The van der Waals surface area contributed by atoms with Gasteiger partial charge in [0.05, 0.1) is 6.61 Å². The molecule has 0 amide bonds. The van der Waals surface area contributed by atoms with Crippen molar-refractivity contribution in [1.82, 2.24) is 0 Å². The Labute approximate surface area is 195 Å². The quantitative estimate of drug-likeness (QED) is 0.326. The second-order valence-corrected chi connectivity index (χ2v) is 8.50. The van der Waals surface area contributed by atoms with Crippen molar-refractivity contribution in [3.8, 4) is 22.6 Å². The molecule has 3 nitrogen and oxygen atoms in total. The summed E-state index contributed by atoms with van der Waals surface area (Å²) in [4.78, 5) is 0. The Balaban J connectivity index is 1.44. The predicted octanol–water partition coefficient (Wildman–Crippen LogP) is 7.14. The maximum absolute atomic E-state index is 9.81. The van der Waals surface area contributed by atoms with Gasteiger partial charge >= 0.3 is 0 Å². The zero-order chi connectivity index (χ0) is 22.5. The highest BCUT2D eigenvalue weighted by Gasteiger charge is 2.19.